The average Bonchev–Trinajstić information content (AvgIpc) is 3.25. The molecule has 0 saturated heterocycles. The Kier molecular flexibility index (Phi) is 6.46. The molecule has 0 N–H and O–H groups in total. The van der Waals surface area contributed by atoms with Crippen molar-refractivity contribution in [1.82, 2.24) is 0 Å². The van der Waals surface area contributed by atoms with Crippen LogP contribution < -0.4 is 25.9 Å². The topological polar surface area (TPSA) is 18.5 Å². The van der Waals surface area contributed by atoms with E-state index in [2.05, 4.69) is 188 Å². The Hall–Kier alpha value is -7.10. The maximum atomic E-state index is 7.21. The summed E-state index contributed by atoms with van der Waals surface area (Å²) in [5, 5.41) is 9.70. The van der Waals surface area contributed by atoms with Crippen molar-refractivity contribution in [2.45, 2.75) is 0 Å². The Morgan fingerprint density at radius 2 is 0.745 bits per heavy atom. The van der Waals surface area contributed by atoms with Gasteiger partial charge in [0.2, 0.25) is 0 Å². The van der Waals surface area contributed by atoms with Crippen LogP contribution >= 0.6 is 0 Å². The highest BCUT2D eigenvalue weighted by molar-refractivity contribution is 7.01. The molecule has 0 unspecified atom stereocenters. The lowest BCUT2D eigenvalue weighted by molar-refractivity contribution is 0.466. The second kappa shape index (κ2) is 11.7. The van der Waals surface area contributed by atoms with Crippen molar-refractivity contribution in [2.24, 2.45) is 0 Å². The molecule has 2 aliphatic rings. The highest BCUT2D eigenvalue weighted by atomic mass is 16.5. The van der Waals surface area contributed by atoms with Gasteiger partial charge in [0.15, 0.2) is 0 Å². The standard InChI is InChI=1S/C52H31BO2/c1-2-16-34(17-3-1)47-39-22-10-12-24-41(39)48(42-25-13-11-23-40(42)47)38-21-9-8-20-37(38)43-28-31-46-51-52(43)55-45-30-27-33-15-5-7-19-36(33)50(45)53(51)49-35-18-6-4-14-32(35)26-29-44(49)54-46/h1-31H. The van der Waals surface area contributed by atoms with Crippen molar-refractivity contribution in [2.75, 3.05) is 0 Å². The van der Waals surface area contributed by atoms with E-state index in [0.717, 1.165) is 45.2 Å². The van der Waals surface area contributed by atoms with Gasteiger partial charge in [-0.05, 0) is 106 Å². The zero-order chi connectivity index (χ0) is 36.0. The molecule has 0 aromatic heterocycles. The lowest BCUT2D eigenvalue weighted by Crippen LogP contribution is -2.58. The summed E-state index contributed by atoms with van der Waals surface area (Å²) in [4.78, 5) is 0. The molecule has 12 rings (SSSR count). The molecule has 2 aliphatic heterocycles. The van der Waals surface area contributed by atoms with Gasteiger partial charge in [0, 0.05) is 11.0 Å². The average molecular weight is 699 g/mol. The molecule has 0 bridgehead atoms. The normalized spacial score (nSPS) is 12.6. The predicted octanol–water partition coefficient (Wildman–Crippen LogP) is 12.0. The summed E-state index contributed by atoms with van der Waals surface area (Å²) in [6.45, 7) is -0.0892. The Bertz CT molecular complexity index is 3120. The van der Waals surface area contributed by atoms with E-state index in [1.807, 2.05) is 0 Å². The molecule has 0 atom stereocenters. The highest BCUT2D eigenvalue weighted by Gasteiger charge is 2.43. The first-order valence-corrected chi connectivity index (χ1v) is 19.0. The molecule has 0 amide bonds. The van der Waals surface area contributed by atoms with Crippen molar-refractivity contribution in [3.8, 4) is 56.4 Å². The molecule has 0 saturated carbocycles. The van der Waals surface area contributed by atoms with Crippen molar-refractivity contribution < 1.29 is 9.47 Å². The molecule has 2 nitrogen and oxygen atoms in total. The monoisotopic (exact) mass is 698 g/mol. The third-order valence-electron chi connectivity index (χ3n) is 11.8. The van der Waals surface area contributed by atoms with Gasteiger partial charge in [0.1, 0.15) is 23.0 Å². The first kappa shape index (κ1) is 30.4. The Morgan fingerprint density at radius 3 is 1.36 bits per heavy atom. The molecule has 0 spiro atoms. The van der Waals surface area contributed by atoms with Crippen LogP contribution in [0.2, 0.25) is 0 Å². The molecule has 0 radical (unpaired) electrons. The highest BCUT2D eigenvalue weighted by Crippen LogP contribution is 2.49. The molecule has 0 aliphatic carbocycles. The fourth-order valence-corrected chi connectivity index (χ4v) is 9.52. The van der Waals surface area contributed by atoms with Gasteiger partial charge in [-0.2, -0.15) is 0 Å². The molecule has 254 valence electrons. The van der Waals surface area contributed by atoms with Gasteiger partial charge < -0.3 is 9.47 Å². The van der Waals surface area contributed by atoms with Crippen LogP contribution in [0.15, 0.2) is 188 Å². The van der Waals surface area contributed by atoms with Crippen molar-refractivity contribution in [3.63, 3.8) is 0 Å². The molecule has 0 fully saturated rings. The fraction of sp³-hybridized carbons (Fsp3) is 0. The maximum absolute atomic E-state index is 7.21. The van der Waals surface area contributed by atoms with Crippen molar-refractivity contribution >= 4 is 66.2 Å². The Morgan fingerprint density at radius 1 is 0.291 bits per heavy atom. The van der Waals surface area contributed by atoms with Gasteiger partial charge in [0.05, 0.1) is 0 Å². The molecule has 55 heavy (non-hydrogen) atoms. The largest absolute Gasteiger partial charge is 0.458 e. The third kappa shape index (κ3) is 4.38. The van der Waals surface area contributed by atoms with E-state index >= 15 is 0 Å². The maximum Gasteiger partial charge on any atom is 0.262 e. The number of hydrogen-bond acceptors (Lipinski definition) is 2. The van der Waals surface area contributed by atoms with Crippen LogP contribution in [-0.2, 0) is 0 Å². The Labute approximate surface area is 318 Å². The number of fused-ring (bicyclic) bond motifs is 10. The van der Waals surface area contributed by atoms with Crippen LogP contribution in [0.5, 0.6) is 23.0 Å². The first-order chi connectivity index (χ1) is 27.3. The van der Waals surface area contributed by atoms with Gasteiger partial charge >= 0.3 is 0 Å². The smallest absolute Gasteiger partial charge is 0.262 e. The zero-order valence-corrected chi connectivity index (χ0v) is 29.8. The van der Waals surface area contributed by atoms with Crippen LogP contribution in [0.1, 0.15) is 0 Å². The van der Waals surface area contributed by atoms with Crippen LogP contribution in [0, 0.1) is 0 Å². The minimum absolute atomic E-state index is 0.0892. The summed E-state index contributed by atoms with van der Waals surface area (Å²) in [6, 6.07) is 67.7. The second-order valence-corrected chi connectivity index (χ2v) is 14.6. The molecule has 10 aromatic carbocycles. The lowest BCUT2D eigenvalue weighted by atomic mass is 9.33. The van der Waals surface area contributed by atoms with E-state index in [1.54, 1.807) is 0 Å². The van der Waals surface area contributed by atoms with Crippen LogP contribution in [0.3, 0.4) is 0 Å². The van der Waals surface area contributed by atoms with Crippen LogP contribution in [0.25, 0.3) is 76.5 Å². The molecular weight excluding hydrogens is 667 g/mol. The van der Waals surface area contributed by atoms with E-state index in [1.165, 1.54) is 70.7 Å². The molecule has 2 heterocycles. The third-order valence-corrected chi connectivity index (χ3v) is 11.8. The summed E-state index contributed by atoms with van der Waals surface area (Å²) in [6.07, 6.45) is 0. The van der Waals surface area contributed by atoms with Gasteiger partial charge in [-0.1, -0.05) is 164 Å². The van der Waals surface area contributed by atoms with Crippen LogP contribution in [0.4, 0.5) is 0 Å². The fourth-order valence-electron chi connectivity index (χ4n) is 9.52. The van der Waals surface area contributed by atoms with Crippen LogP contribution in [-0.4, -0.2) is 6.71 Å². The summed E-state index contributed by atoms with van der Waals surface area (Å²) < 4.78 is 14.1. The number of ether oxygens (including phenoxy) is 2. The summed E-state index contributed by atoms with van der Waals surface area (Å²) in [5.74, 6) is 3.47. The first-order valence-electron chi connectivity index (χ1n) is 19.0. The number of benzene rings is 10. The van der Waals surface area contributed by atoms with Gasteiger partial charge in [-0.25, -0.2) is 0 Å². The molecular formula is C52H31BO2. The van der Waals surface area contributed by atoms with Gasteiger partial charge in [-0.15, -0.1) is 0 Å². The number of rotatable bonds is 3. The summed E-state index contributed by atoms with van der Waals surface area (Å²) >= 11 is 0. The quantitative estimate of drug-likeness (QED) is 0.135. The molecule has 3 heteroatoms. The van der Waals surface area contributed by atoms with E-state index in [4.69, 9.17) is 9.47 Å². The minimum atomic E-state index is -0.0892. The summed E-state index contributed by atoms with van der Waals surface area (Å²) in [5.41, 5.74) is 10.5. The molecule has 10 aromatic rings. The minimum Gasteiger partial charge on any atom is -0.458 e. The van der Waals surface area contributed by atoms with E-state index in [9.17, 15) is 0 Å². The van der Waals surface area contributed by atoms with E-state index in [0.29, 0.717) is 0 Å². The summed E-state index contributed by atoms with van der Waals surface area (Å²) in [7, 11) is 0. The zero-order valence-electron chi connectivity index (χ0n) is 29.8. The second-order valence-electron chi connectivity index (χ2n) is 14.6. The Balaban J connectivity index is 1.16. The van der Waals surface area contributed by atoms with Gasteiger partial charge in [0.25, 0.3) is 6.71 Å². The van der Waals surface area contributed by atoms with E-state index in [-0.39, 0.29) is 6.71 Å². The predicted molar refractivity (Wildman–Crippen MR) is 230 cm³/mol. The van der Waals surface area contributed by atoms with E-state index < -0.39 is 0 Å². The lowest BCUT2D eigenvalue weighted by Gasteiger charge is -2.35. The van der Waals surface area contributed by atoms with Crippen molar-refractivity contribution in [3.05, 3.63) is 188 Å². The SMILES string of the molecule is c1ccc(-c2c3ccccc3c(-c3ccccc3-c3ccc4c5c3Oc3ccc6ccccc6c3B5c3c(ccc5ccccc35)O4)c3ccccc23)cc1. The number of hydrogen-bond donors (Lipinski definition) is 0. The van der Waals surface area contributed by atoms with Crippen molar-refractivity contribution in [1.29, 1.82) is 0 Å². The van der Waals surface area contributed by atoms with Gasteiger partial charge in [-0.3, -0.25) is 0 Å².